The lowest BCUT2D eigenvalue weighted by molar-refractivity contribution is -0.125. The van der Waals surface area contributed by atoms with Gasteiger partial charge in [-0.1, -0.05) is 6.92 Å². The van der Waals surface area contributed by atoms with E-state index in [2.05, 4.69) is 17.6 Å². The van der Waals surface area contributed by atoms with Crippen molar-refractivity contribution in [2.45, 2.75) is 13.3 Å². The first kappa shape index (κ1) is 10.5. The highest BCUT2D eigenvalue weighted by atomic mass is 16.1. The Morgan fingerprint density at radius 3 is 3.00 bits per heavy atom. The van der Waals surface area contributed by atoms with Crippen LogP contribution in [0.1, 0.15) is 13.3 Å². The lowest BCUT2D eigenvalue weighted by atomic mass is 9.91. The van der Waals surface area contributed by atoms with Crippen LogP contribution in [0.2, 0.25) is 0 Å². The number of rotatable bonds is 3. The Bertz CT molecular complexity index is 172. The molecule has 0 spiro atoms. The maximum atomic E-state index is 11.5. The van der Waals surface area contributed by atoms with Crippen LogP contribution in [0.15, 0.2) is 0 Å². The van der Waals surface area contributed by atoms with Crippen molar-refractivity contribution in [3.8, 4) is 0 Å². The minimum absolute atomic E-state index is 0.135. The second-order valence-electron chi connectivity index (χ2n) is 3.78. The van der Waals surface area contributed by atoms with Crippen LogP contribution in [-0.2, 0) is 4.79 Å². The van der Waals surface area contributed by atoms with E-state index in [1.165, 1.54) is 0 Å². The molecule has 76 valence electrons. The highest BCUT2D eigenvalue weighted by Crippen LogP contribution is 2.15. The van der Waals surface area contributed by atoms with E-state index in [1.807, 2.05) is 0 Å². The Morgan fingerprint density at radius 2 is 2.38 bits per heavy atom. The monoisotopic (exact) mass is 185 g/mol. The quantitative estimate of drug-likeness (QED) is 0.545. The molecule has 1 amide bonds. The van der Waals surface area contributed by atoms with Crippen LogP contribution in [0.25, 0.3) is 0 Å². The van der Waals surface area contributed by atoms with Crippen LogP contribution < -0.4 is 16.4 Å². The zero-order valence-corrected chi connectivity index (χ0v) is 8.18. The zero-order valence-electron chi connectivity index (χ0n) is 8.18. The molecule has 1 fully saturated rings. The summed E-state index contributed by atoms with van der Waals surface area (Å²) in [5.41, 5.74) is 5.30. The molecular formula is C9H19N3O. The van der Waals surface area contributed by atoms with Crippen molar-refractivity contribution in [1.82, 2.24) is 10.6 Å². The van der Waals surface area contributed by atoms with E-state index in [-0.39, 0.29) is 11.8 Å². The first-order valence-corrected chi connectivity index (χ1v) is 4.92. The van der Waals surface area contributed by atoms with E-state index in [0.29, 0.717) is 19.0 Å². The van der Waals surface area contributed by atoms with Crippen molar-refractivity contribution in [2.75, 3.05) is 26.2 Å². The van der Waals surface area contributed by atoms with E-state index >= 15 is 0 Å². The fourth-order valence-corrected chi connectivity index (χ4v) is 1.70. The minimum Gasteiger partial charge on any atom is -0.355 e. The molecule has 1 rings (SSSR count). The summed E-state index contributed by atoms with van der Waals surface area (Å²) < 4.78 is 0. The highest BCUT2D eigenvalue weighted by molar-refractivity contribution is 5.78. The smallest absolute Gasteiger partial charge is 0.224 e. The van der Waals surface area contributed by atoms with Crippen LogP contribution in [0, 0.1) is 11.8 Å². The summed E-state index contributed by atoms with van der Waals surface area (Å²) in [6, 6.07) is 0. The number of nitrogens with two attached hydrogens (primary N) is 1. The van der Waals surface area contributed by atoms with Gasteiger partial charge in [0.15, 0.2) is 0 Å². The molecule has 0 aromatic heterocycles. The molecule has 1 aliphatic rings. The summed E-state index contributed by atoms with van der Waals surface area (Å²) in [7, 11) is 0. The van der Waals surface area contributed by atoms with Crippen LogP contribution in [0.4, 0.5) is 0 Å². The van der Waals surface area contributed by atoms with Crippen molar-refractivity contribution in [2.24, 2.45) is 17.6 Å². The number of amides is 1. The fourth-order valence-electron chi connectivity index (χ4n) is 1.70. The van der Waals surface area contributed by atoms with E-state index in [4.69, 9.17) is 5.73 Å². The number of carbonyl (C=O) groups is 1. The molecule has 0 bridgehead atoms. The van der Waals surface area contributed by atoms with Crippen molar-refractivity contribution in [3.63, 3.8) is 0 Å². The molecule has 4 nitrogen and oxygen atoms in total. The molecule has 0 aliphatic carbocycles. The molecule has 4 N–H and O–H groups in total. The van der Waals surface area contributed by atoms with Crippen molar-refractivity contribution in [1.29, 1.82) is 0 Å². The van der Waals surface area contributed by atoms with Crippen molar-refractivity contribution in [3.05, 3.63) is 0 Å². The minimum atomic E-state index is 0.135. The number of nitrogens with one attached hydrogen (secondary N) is 2. The SMILES string of the molecule is CC1CNCC(C(=O)NCCN)C1. The molecule has 13 heavy (non-hydrogen) atoms. The van der Waals surface area contributed by atoms with Gasteiger partial charge in [-0.3, -0.25) is 4.79 Å². The molecule has 4 heteroatoms. The number of hydrogen-bond acceptors (Lipinski definition) is 3. The first-order valence-electron chi connectivity index (χ1n) is 4.92. The highest BCUT2D eigenvalue weighted by Gasteiger charge is 2.23. The summed E-state index contributed by atoms with van der Waals surface area (Å²) in [5.74, 6) is 0.877. The van der Waals surface area contributed by atoms with E-state index in [9.17, 15) is 4.79 Å². The predicted molar refractivity (Wildman–Crippen MR) is 52.2 cm³/mol. The van der Waals surface area contributed by atoms with E-state index < -0.39 is 0 Å². The van der Waals surface area contributed by atoms with E-state index in [1.54, 1.807) is 0 Å². The van der Waals surface area contributed by atoms with Gasteiger partial charge >= 0.3 is 0 Å². The molecule has 2 atom stereocenters. The lowest BCUT2D eigenvalue weighted by Gasteiger charge is -2.26. The van der Waals surface area contributed by atoms with Crippen LogP contribution >= 0.6 is 0 Å². The molecule has 2 unspecified atom stereocenters. The van der Waals surface area contributed by atoms with E-state index in [0.717, 1.165) is 19.5 Å². The standard InChI is InChI=1S/C9H19N3O/c1-7-4-8(6-11-5-7)9(13)12-3-2-10/h7-8,11H,2-6,10H2,1H3,(H,12,13). The van der Waals surface area contributed by atoms with Crippen LogP contribution in [-0.4, -0.2) is 32.1 Å². The van der Waals surface area contributed by atoms with Gasteiger partial charge in [-0.05, 0) is 18.9 Å². The van der Waals surface area contributed by atoms with Gasteiger partial charge in [-0.25, -0.2) is 0 Å². The Labute approximate surface area is 79.3 Å². The van der Waals surface area contributed by atoms with Gasteiger partial charge in [0, 0.05) is 19.6 Å². The average molecular weight is 185 g/mol. The van der Waals surface area contributed by atoms with Gasteiger partial charge in [0.05, 0.1) is 5.92 Å². The molecule has 1 aliphatic heterocycles. The van der Waals surface area contributed by atoms with Gasteiger partial charge in [0.2, 0.25) is 5.91 Å². The van der Waals surface area contributed by atoms with Gasteiger partial charge in [-0.15, -0.1) is 0 Å². The lowest BCUT2D eigenvalue weighted by Crippen LogP contribution is -2.44. The van der Waals surface area contributed by atoms with Crippen LogP contribution in [0.5, 0.6) is 0 Å². The number of carbonyl (C=O) groups excluding carboxylic acids is 1. The molecular weight excluding hydrogens is 166 g/mol. The summed E-state index contributed by atoms with van der Waals surface area (Å²) in [5, 5.41) is 6.07. The molecule has 0 aromatic carbocycles. The predicted octanol–water partition coefficient (Wildman–Crippen LogP) is -0.693. The molecule has 1 saturated heterocycles. The molecule has 0 aromatic rings. The third kappa shape index (κ3) is 3.32. The summed E-state index contributed by atoms with van der Waals surface area (Å²) in [6.45, 7) is 5.10. The Morgan fingerprint density at radius 1 is 1.62 bits per heavy atom. The Kier molecular flexibility index (Phi) is 4.18. The van der Waals surface area contributed by atoms with Crippen LogP contribution in [0.3, 0.4) is 0 Å². The average Bonchev–Trinajstić information content (AvgIpc) is 2.14. The third-order valence-electron chi connectivity index (χ3n) is 2.38. The van der Waals surface area contributed by atoms with Gasteiger partial charge in [0.1, 0.15) is 0 Å². The largest absolute Gasteiger partial charge is 0.355 e. The number of hydrogen-bond donors (Lipinski definition) is 3. The molecule has 0 radical (unpaired) electrons. The summed E-state index contributed by atoms with van der Waals surface area (Å²) >= 11 is 0. The topological polar surface area (TPSA) is 67.2 Å². The second kappa shape index (κ2) is 5.19. The molecule has 1 heterocycles. The summed E-state index contributed by atoms with van der Waals surface area (Å²) in [4.78, 5) is 11.5. The second-order valence-corrected chi connectivity index (χ2v) is 3.78. The number of piperidine rings is 1. The maximum absolute atomic E-state index is 11.5. The van der Waals surface area contributed by atoms with Gasteiger partial charge in [0.25, 0.3) is 0 Å². The van der Waals surface area contributed by atoms with Gasteiger partial charge in [-0.2, -0.15) is 0 Å². The third-order valence-corrected chi connectivity index (χ3v) is 2.38. The Balaban J connectivity index is 2.28. The maximum Gasteiger partial charge on any atom is 0.224 e. The van der Waals surface area contributed by atoms with Gasteiger partial charge < -0.3 is 16.4 Å². The normalized spacial score (nSPS) is 28.5. The summed E-state index contributed by atoms with van der Waals surface area (Å²) in [6.07, 6.45) is 0.989. The van der Waals surface area contributed by atoms with Crippen molar-refractivity contribution >= 4 is 5.91 Å². The zero-order chi connectivity index (χ0) is 9.68. The Hall–Kier alpha value is -0.610. The fraction of sp³-hybridized carbons (Fsp3) is 0.889. The molecule has 0 saturated carbocycles. The first-order chi connectivity index (χ1) is 6.24. The van der Waals surface area contributed by atoms with Crippen molar-refractivity contribution < 1.29 is 4.79 Å².